The van der Waals surface area contributed by atoms with E-state index in [0.29, 0.717) is 6.04 Å². The van der Waals surface area contributed by atoms with Crippen molar-refractivity contribution in [3.8, 4) is 0 Å². The zero-order chi connectivity index (χ0) is 12.8. The van der Waals surface area contributed by atoms with Crippen LogP contribution in [0.5, 0.6) is 0 Å². The Morgan fingerprint density at radius 3 is 2.67 bits per heavy atom. The molecule has 1 saturated heterocycles. The van der Waals surface area contributed by atoms with Gasteiger partial charge in [0.25, 0.3) is 0 Å². The molecule has 2 fully saturated rings. The number of rotatable bonds is 6. The Morgan fingerprint density at radius 1 is 1.22 bits per heavy atom. The molecule has 106 valence electrons. The molecular formula is C15H30N2O. The average Bonchev–Trinajstić information content (AvgIpc) is 2.90. The number of aliphatic hydroxyl groups is 1. The largest absolute Gasteiger partial charge is 0.395 e. The molecule has 3 nitrogen and oxygen atoms in total. The predicted octanol–water partition coefficient (Wildman–Crippen LogP) is 2.00. The van der Waals surface area contributed by atoms with Crippen LogP contribution in [0.3, 0.4) is 0 Å². The van der Waals surface area contributed by atoms with Crippen molar-refractivity contribution in [2.24, 2.45) is 5.92 Å². The fraction of sp³-hybridized carbons (Fsp3) is 1.00. The molecule has 0 aromatic carbocycles. The number of nitrogens with zero attached hydrogens (tertiary/aromatic N) is 1. The summed E-state index contributed by atoms with van der Waals surface area (Å²) < 4.78 is 0. The van der Waals surface area contributed by atoms with Crippen molar-refractivity contribution in [3.63, 3.8) is 0 Å². The van der Waals surface area contributed by atoms with Crippen LogP contribution in [0, 0.1) is 5.92 Å². The lowest BCUT2D eigenvalue weighted by Gasteiger charge is -2.41. The molecule has 2 aliphatic rings. The zero-order valence-corrected chi connectivity index (χ0v) is 11.9. The Morgan fingerprint density at radius 2 is 2.00 bits per heavy atom. The predicted molar refractivity (Wildman–Crippen MR) is 75.7 cm³/mol. The Labute approximate surface area is 112 Å². The van der Waals surface area contributed by atoms with E-state index in [1.807, 2.05) is 0 Å². The second-order valence-electron chi connectivity index (χ2n) is 6.16. The molecule has 2 rings (SSSR count). The van der Waals surface area contributed by atoms with Gasteiger partial charge in [-0.15, -0.1) is 0 Å². The van der Waals surface area contributed by atoms with E-state index in [9.17, 15) is 0 Å². The van der Waals surface area contributed by atoms with E-state index in [-0.39, 0.29) is 6.61 Å². The fourth-order valence-electron chi connectivity index (χ4n) is 3.84. The third-order valence-corrected chi connectivity index (χ3v) is 4.65. The third kappa shape index (κ3) is 3.94. The minimum atomic E-state index is 0.262. The first kappa shape index (κ1) is 14.3. The van der Waals surface area contributed by atoms with Gasteiger partial charge in [0.05, 0.1) is 6.61 Å². The molecule has 0 aromatic heterocycles. The lowest BCUT2D eigenvalue weighted by Crippen LogP contribution is -2.52. The van der Waals surface area contributed by atoms with E-state index in [4.69, 9.17) is 5.11 Å². The van der Waals surface area contributed by atoms with E-state index in [2.05, 4.69) is 17.1 Å². The molecule has 2 unspecified atom stereocenters. The maximum absolute atomic E-state index is 8.97. The van der Waals surface area contributed by atoms with Crippen LogP contribution in [0.2, 0.25) is 0 Å². The van der Waals surface area contributed by atoms with Crippen molar-refractivity contribution in [2.75, 3.05) is 26.2 Å². The molecule has 2 N–H and O–H groups in total. The molecule has 18 heavy (non-hydrogen) atoms. The molecule has 1 aliphatic heterocycles. The van der Waals surface area contributed by atoms with Crippen molar-refractivity contribution in [3.05, 3.63) is 0 Å². The number of aliphatic hydroxyl groups excluding tert-OH is 1. The van der Waals surface area contributed by atoms with Gasteiger partial charge in [-0.1, -0.05) is 26.2 Å². The summed E-state index contributed by atoms with van der Waals surface area (Å²) in [6.07, 6.45) is 9.63. The first-order chi connectivity index (χ1) is 8.83. The lowest BCUT2D eigenvalue weighted by molar-refractivity contribution is 0.0930. The summed E-state index contributed by atoms with van der Waals surface area (Å²) in [5, 5.41) is 12.5. The minimum Gasteiger partial charge on any atom is -0.395 e. The van der Waals surface area contributed by atoms with Gasteiger partial charge in [-0.2, -0.15) is 0 Å². The van der Waals surface area contributed by atoms with Crippen LogP contribution in [0.15, 0.2) is 0 Å². The van der Waals surface area contributed by atoms with Crippen LogP contribution in [0.4, 0.5) is 0 Å². The van der Waals surface area contributed by atoms with Gasteiger partial charge in [-0.3, -0.25) is 4.90 Å². The fourth-order valence-corrected chi connectivity index (χ4v) is 3.84. The van der Waals surface area contributed by atoms with E-state index >= 15 is 0 Å². The second kappa shape index (κ2) is 7.46. The number of likely N-dealkylation sites (tertiary alicyclic amines) is 1. The Bertz CT molecular complexity index is 229. The van der Waals surface area contributed by atoms with E-state index in [1.54, 1.807) is 0 Å². The molecule has 3 heteroatoms. The number of hydrogen-bond acceptors (Lipinski definition) is 3. The second-order valence-corrected chi connectivity index (χ2v) is 6.16. The van der Waals surface area contributed by atoms with E-state index in [1.165, 1.54) is 58.0 Å². The molecule has 0 amide bonds. The SMILES string of the molecule is CCCC1CC(NCCO)CN(C2CCCC2)C1. The maximum atomic E-state index is 8.97. The van der Waals surface area contributed by atoms with E-state index < -0.39 is 0 Å². The Balaban J connectivity index is 1.87. The van der Waals surface area contributed by atoms with Crippen LogP contribution < -0.4 is 5.32 Å². The average molecular weight is 254 g/mol. The van der Waals surface area contributed by atoms with Gasteiger partial charge in [0.2, 0.25) is 0 Å². The van der Waals surface area contributed by atoms with Gasteiger partial charge in [-0.25, -0.2) is 0 Å². The number of piperidine rings is 1. The van der Waals surface area contributed by atoms with E-state index in [0.717, 1.165) is 18.5 Å². The summed E-state index contributed by atoms with van der Waals surface area (Å²) in [7, 11) is 0. The molecule has 0 aromatic rings. The van der Waals surface area contributed by atoms with Crippen molar-refractivity contribution in [1.82, 2.24) is 10.2 Å². The Hall–Kier alpha value is -0.120. The van der Waals surface area contributed by atoms with Crippen LogP contribution >= 0.6 is 0 Å². The number of hydrogen-bond donors (Lipinski definition) is 2. The van der Waals surface area contributed by atoms with Crippen LogP contribution in [0.1, 0.15) is 51.9 Å². The van der Waals surface area contributed by atoms with Gasteiger partial charge < -0.3 is 10.4 Å². The van der Waals surface area contributed by atoms with Crippen molar-refractivity contribution < 1.29 is 5.11 Å². The lowest BCUT2D eigenvalue weighted by atomic mass is 9.89. The highest BCUT2D eigenvalue weighted by molar-refractivity contribution is 4.88. The normalized spacial score (nSPS) is 31.0. The highest BCUT2D eigenvalue weighted by atomic mass is 16.3. The molecule has 0 radical (unpaired) electrons. The zero-order valence-electron chi connectivity index (χ0n) is 11.9. The quantitative estimate of drug-likeness (QED) is 0.761. The van der Waals surface area contributed by atoms with Crippen LogP contribution in [0.25, 0.3) is 0 Å². The summed E-state index contributed by atoms with van der Waals surface area (Å²) in [5.41, 5.74) is 0. The van der Waals surface area contributed by atoms with Crippen molar-refractivity contribution >= 4 is 0 Å². The molecule has 1 saturated carbocycles. The monoisotopic (exact) mass is 254 g/mol. The highest BCUT2D eigenvalue weighted by Crippen LogP contribution is 2.29. The topological polar surface area (TPSA) is 35.5 Å². The summed E-state index contributed by atoms with van der Waals surface area (Å²) in [5.74, 6) is 0.862. The first-order valence-electron chi connectivity index (χ1n) is 7.91. The molecule has 1 aliphatic carbocycles. The summed E-state index contributed by atoms with van der Waals surface area (Å²) in [4.78, 5) is 2.74. The summed E-state index contributed by atoms with van der Waals surface area (Å²) >= 11 is 0. The molecule has 0 spiro atoms. The van der Waals surface area contributed by atoms with Gasteiger partial charge in [-0.05, 0) is 31.6 Å². The highest BCUT2D eigenvalue weighted by Gasteiger charge is 2.31. The number of nitrogens with one attached hydrogen (secondary N) is 1. The molecule has 0 bridgehead atoms. The van der Waals surface area contributed by atoms with Gasteiger partial charge in [0.1, 0.15) is 0 Å². The smallest absolute Gasteiger partial charge is 0.0556 e. The van der Waals surface area contributed by atoms with Gasteiger partial charge >= 0.3 is 0 Å². The maximum Gasteiger partial charge on any atom is 0.0556 e. The first-order valence-corrected chi connectivity index (χ1v) is 7.91. The third-order valence-electron chi connectivity index (χ3n) is 4.65. The standard InChI is InChI=1S/C15H30N2O/c1-2-5-13-10-14(16-8-9-18)12-17(11-13)15-6-3-4-7-15/h13-16,18H,2-12H2,1H3. The van der Waals surface area contributed by atoms with Crippen molar-refractivity contribution in [2.45, 2.75) is 64.0 Å². The van der Waals surface area contributed by atoms with Crippen molar-refractivity contribution in [1.29, 1.82) is 0 Å². The van der Waals surface area contributed by atoms with Crippen LogP contribution in [-0.2, 0) is 0 Å². The minimum absolute atomic E-state index is 0.262. The van der Waals surface area contributed by atoms with Gasteiger partial charge in [0.15, 0.2) is 0 Å². The molecule has 2 atom stereocenters. The van der Waals surface area contributed by atoms with Gasteiger partial charge in [0, 0.05) is 31.7 Å². The molecular weight excluding hydrogens is 224 g/mol. The van der Waals surface area contributed by atoms with Crippen LogP contribution in [-0.4, -0.2) is 48.3 Å². The summed E-state index contributed by atoms with van der Waals surface area (Å²) in [6, 6.07) is 1.45. The molecule has 1 heterocycles. The Kier molecular flexibility index (Phi) is 5.93. The summed E-state index contributed by atoms with van der Waals surface area (Å²) in [6.45, 7) is 5.83.